The quantitative estimate of drug-likeness (QED) is 0.553. The molecule has 0 unspecified atom stereocenters. The van der Waals surface area contributed by atoms with E-state index in [1.807, 2.05) is 32.9 Å². The van der Waals surface area contributed by atoms with E-state index in [2.05, 4.69) is 16.5 Å². The maximum Gasteiger partial charge on any atom is 0.189 e. The van der Waals surface area contributed by atoms with Crippen LogP contribution < -0.4 is 10.6 Å². The highest BCUT2D eigenvalue weighted by Crippen LogP contribution is 2.11. The van der Waals surface area contributed by atoms with Gasteiger partial charge in [0.15, 0.2) is 7.85 Å². The van der Waals surface area contributed by atoms with Gasteiger partial charge >= 0.3 is 0 Å². The van der Waals surface area contributed by atoms with Crippen LogP contribution in [0.2, 0.25) is 0 Å². The van der Waals surface area contributed by atoms with Crippen LogP contribution in [0.25, 0.3) is 0 Å². The molecule has 0 saturated carbocycles. The molecule has 0 aliphatic rings. The van der Waals surface area contributed by atoms with Crippen LogP contribution in [0.15, 0.2) is 19.0 Å². The highest BCUT2D eigenvalue weighted by molar-refractivity contribution is 6.29. The van der Waals surface area contributed by atoms with Gasteiger partial charge in [-0.05, 0) is 13.1 Å². The summed E-state index contributed by atoms with van der Waals surface area (Å²) in [5, 5.41) is 0. The first-order valence-corrected chi connectivity index (χ1v) is 3.80. The van der Waals surface area contributed by atoms with Crippen molar-refractivity contribution in [3.05, 3.63) is 24.5 Å². The Morgan fingerprint density at radius 3 is 2.92 bits per heavy atom. The summed E-state index contributed by atoms with van der Waals surface area (Å²) in [6.07, 6.45) is 3.55. The minimum absolute atomic E-state index is 0.782. The molecule has 0 aliphatic heterocycles. The van der Waals surface area contributed by atoms with E-state index in [1.54, 1.807) is 6.20 Å². The largest absolute Gasteiger partial charge is 0.336 e. The zero-order valence-corrected chi connectivity index (χ0v) is 7.70. The molecule has 1 aromatic rings. The molecule has 0 fully saturated rings. The van der Waals surface area contributed by atoms with E-state index in [0.717, 1.165) is 17.1 Å². The molecule has 0 amide bonds. The predicted octanol–water partition coefficient (Wildman–Crippen LogP) is -0.377. The lowest BCUT2D eigenvalue weighted by Crippen LogP contribution is -2.20. The van der Waals surface area contributed by atoms with E-state index in [9.17, 15) is 0 Å². The molecule has 4 heteroatoms. The molecule has 0 atom stereocenters. The van der Waals surface area contributed by atoms with E-state index in [0.29, 0.717) is 0 Å². The van der Waals surface area contributed by atoms with E-state index in [-0.39, 0.29) is 0 Å². The Kier molecular flexibility index (Phi) is 2.48. The summed E-state index contributed by atoms with van der Waals surface area (Å²) in [5.74, 6) is 0.914. The first kappa shape index (κ1) is 8.78. The first-order valence-electron chi connectivity index (χ1n) is 3.80. The van der Waals surface area contributed by atoms with E-state index < -0.39 is 0 Å². The van der Waals surface area contributed by atoms with Crippen LogP contribution in [0.1, 0.15) is 5.56 Å². The highest BCUT2D eigenvalue weighted by atomic mass is 15.2. The molecule has 0 aromatic carbocycles. The summed E-state index contributed by atoms with van der Waals surface area (Å²) in [5.41, 5.74) is 1.84. The maximum absolute atomic E-state index is 4.29. The standard InChI is InChI=1S/C8H12BN3/c1-4-12(3)7-6(2)5-10-8(9)11-7/h4-5H,1,9H2,2-3H3. The van der Waals surface area contributed by atoms with Crippen molar-refractivity contribution in [2.75, 3.05) is 11.9 Å². The van der Waals surface area contributed by atoms with Crippen molar-refractivity contribution < 1.29 is 0 Å². The van der Waals surface area contributed by atoms with Crippen molar-refractivity contribution in [2.24, 2.45) is 0 Å². The second-order valence-corrected chi connectivity index (χ2v) is 2.72. The number of hydrogen-bond donors (Lipinski definition) is 0. The van der Waals surface area contributed by atoms with Gasteiger partial charge in [-0.1, -0.05) is 6.58 Å². The Labute approximate surface area is 73.6 Å². The summed E-state index contributed by atoms with van der Waals surface area (Å²) in [6, 6.07) is 0. The van der Waals surface area contributed by atoms with Crippen molar-refractivity contribution in [3.63, 3.8) is 0 Å². The van der Waals surface area contributed by atoms with Crippen molar-refractivity contribution in [2.45, 2.75) is 6.92 Å². The molecule has 3 nitrogen and oxygen atoms in total. The minimum Gasteiger partial charge on any atom is -0.336 e. The fourth-order valence-corrected chi connectivity index (χ4v) is 0.962. The Bertz CT molecular complexity index is 298. The van der Waals surface area contributed by atoms with Gasteiger partial charge < -0.3 is 4.90 Å². The fraction of sp³-hybridized carbons (Fsp3) is 0.250. The number of nitrogens with zero attached hydrogens (tertiary/aromatic N) is 3. The lowest BCUT2D eigenvalue weighted by Gasteiger charge is -2.14. The monoisotopic (exact) mass is 161 g/mol. The van der Waals surface area contributed by atoms with Crippen LogP contribution in [0.4, 0.5) is 5.82 Å². The minimum atomic E-state index is 0.782. The van der Waals surface area contributed by atoms with Crippen molar-refractivity contribution in [1.29, 1.82) is 0 Å². The molecular formula is C8H12BN3. The Morgan fingerprint density at radius 1 is 1.67 bits per heavy atom. The summed E-state index contributed by atoms with van der Waals surface area (Å²) in [7, 11) is 3.79. The van der Waals surface area contributed by atoms with Crippen LogP contribution in [0, 0.1) is 6.92 Å². The zero-order chi connectivity index (χ0) is 9.14. The third kappa shape index (κ3) is 1.64. The normalized spacial score (nSPS) is 9.50. The Balaban J connectivity index is 3.12. The van der Waals surface area contributed by atoms with Gasteiger partial charge in [0.2, 0.25) is 0 Å². The lowest BCUT2D eigenvalue weighted by molar-refractivity contribution is 1.08. The molecule has 1 rings (SSSR count). The number of rotatable bonds is 2. The summed E-state index contributed by atoms with van der Waals surface area (Å²) in [4.78, 5) is 10.2. The Morgan fingerprint density at radius 2 is 2.33 bits per heavy atom. The van der Waals surface area contributed by atoms with Gasteiger partial charge in [-0.2, -0.15) is 0 Å². The third-order valence-electron chi connectivity index (χ3n) is 1.67. The van der Waals surface area contributed by atoms with Crippen LogP contribution >= 0.6 is 0 Å². The fourth-order valence-electron chi connectivity index (χ4n) is 0.962. The maximum atomic E-state index is 4.29. The molecule has 1 aromatic heterocycles. The molecule has 0 bridgehead atoms. The van der Waals surface area contributed by atoms with Crippen LogP contribution in [0.5, 0.6) is 0 Å². The summed E-state index contributed by atoms with van der Waals surface area (Å²) >= 11 is 0. The molecule has 0 N–H and O–H groups in total. The van der Waals surface area contributed by atoms with E-state index in [1.165, 1.54) is 0 Å². The molecule has 12 heavy (non-hydrogen) atoms. The zero-order valence-electron chi connectivity index (χ0n) is 7.70. The van der Waals surface area contributed by atoms with Crippen molar-refractivity contribution in [1.82, 2.24) is 9.97 Å². The van der Waals surface area contributed by atoms with Crippen molar-refractivity contribution in [3.8, 4) is 0 Å². The van der Waals surface area contributed by atoms with E-state index >= 15 is 0 Å². The molecule has 0 radical (unpaired) electrons. The van der Waals surface area contributed by atoms with Gasteiger partial charge in [0, 0.05) is 18.8 Å². The molecule has 0 spiro atoms. The highest BCUT2D eigenvalue weighted by Gasteiger charge is 2.02. The van der Waals surface area contributed by atoms with Crippen LogP contribution in [0.3, 0.4) is 0 Å². The second kappa shape index (κ2) is 3.39. The average molecular weight is 161 g/mol. The van der Waals surface area contributed by atoms with Crippen LogP contribution in [-0.2, 0) is 0 Å². The van der Waals surface area contributed by atoms with Gasteiger partial charge in [-0.25, -0.2) is 4.98 Å². The Hall–Kier alpha value is -1.32. The smallest absolute Gasteiger partial charge is 0.189 e. The number of aryl methyl sites for hydroxylation is 1. The molecule has 62 valence electrons. The number of hydrogen-bond acceptors (Lipinski definition) is 3. The van der Waals surface area contributed by atoms with Gasteiger partial charge in [0.25, 0.3) is 0 Å². The third-order valence-corrected chi connectivity index (χ3v) is 1.67. The first-order chi connectivity index (χ1) is 5.65. The summed E-state index contributed by atoms with van der Waals surface area (Å²) < 4.78 is 0. The van der Waals surface area contributed by atoms with Gasteiger partial charge in [-0.15, -0.1) is 0 Å². The van der Waals surface area contributed by atoms with Crippen molar-refractivity contribution >= 4 is 19.4 Å². The van der Waals surface area contributed by atoms with Gasteiger partial charge in [0.1, 0.15) is 5.82 Å². The lowest BCUT2D eigenvalue weighted by atomic mass is 10.1. The van der Waals surface area contributed by atoms with Gasteiger partial charge in [-0.3, -0.25) is 4.98 Å². The number of aromatic nitrogens is 2. The topological polar surface area (TPSA) is 29.0 Å². The van der Waals surface area contributed by atoms with Crippen LogP contribution in [-0.4, -0.2) is 24.9 Å². The second-order valence-electron chi connectivity index (χ2n) is 2.72. The number of anilines is 1. The summed E-state index contributed by atoms with van der Waals surface area (Å²) in [6.45, 7) is 5.65. The van der Waals surface area contributed by atoms with Gasteiger partial charge in [0.05, 0.1) is 5.72 Å². The predicted molar refractivity (Wildman–Crippen MR) is 53.5 cm³/mol. The molecular weight excluding hydrogens is 149 g/mol. The average Bonchev–Trinajstić information content (AvgIpc) is 2.08. The molecule has 0 aliphatic carbocycles. The SMILES string of the molecule is Bc1ncc(C)c(N(C)C=C)n1. The van der Waals surface area contributed by atoms with E-state index in [4.69, 9.17) is 0 Å². The molecule has 0 saturated heterocycles. The molecule has 1 heterocycles.